The maximum Gasteiger partial charge on any atom is 0.408 e. The molecule has 2 heterocycles. The van der Waals surface area contributed by atoms with Crippen molar-refractivity contribution in [1.82, 2.24) is 20.9 Å². The number of ether oxygens (including phenoxy) is 1. The fraction of sp³-hybridized carbons (Fsp3) is 0.815. The number of nitrogens with one attached hydrogen (secondary N) is 3. The van der Waals surface area contributed by atoms with Crippen LogP contribution in [0.15, 0.2) is 0 Å². The quantitative estimate of drug-likeness (QED) is 0.405. The fourth-order valence-corrected chi connectivity index (χ4v) is 5.27. The van der Waals surface area contributed by atoms with Gasteiger partial charge in [0, 0.05) is 19.0 Å². The number of nitriles is 1. The van der Waals surface area contributed by atoms with Gasteiger partial charge in [0.1, 0.15) is 23.7 Å². The molecule has 4 unspecified atom stereocenters. The monoisotopic (exact) mass is 519 g/mol. The van der Waals surface area contributed by atoms with Crippen molar-refractivity contribution in [2.75, 3.05) is 13.1 Å². The number of piperidine rings is 1. The van der Waals surface area contributed by atoms with E-state index >= 15 is 0 Å². The summed E-state index contributed by atoms with van der Waals surface area (Å²) in [6, 6.07) is -0.213. The Kier molecular flexibility index (Phi) is 11.2. The lowest BCUT2D eigenvalue weighted by atomic mass is 9.83. The summed E-state index contributed by atoms with van der Waals surface area (Å²) in [5, 5.41) is 17.4. The van der Waals surface area contributed by atoms with Crippen LogP contribution in [0.5, 0.6) is 0 Å². The van der Waals surface area contributed by atoms with Crippen LogP contribution in [0.2, 0.25) is 0 Å². The number of hydrogen-bond acceptors (Lipinski definition) is 6. The Morgan fingerprint density at radius 3 is 2.57 bits per heavy atom. The molecule has 0 aromatic carbocycles. The molecule has 2 fully saturated rings. The number of amides is 4. The molecule has 37 heavy (non-hydrogen) atoms. The Balaban J connectivity index is 2.18. The van der Waals surface area contributed by atoms with E-state index in [0.29, 0.717) is 32.4 Å². The van der Waals surface area contributed by atoms with Crippen LogP contribution in [0.1, 0.15) is 86.5 Å². The molecule has 10 heteroatoms. The predicted octanol–water partition coefficient (Wildman–Crippen LogP) is 2.87. The average Bonchev–Trinajstić information content (AvgIpc) is 3.23. The highest BCUT2D eigenvalue weighted by atomic mass is 16.6. The van der Waals surface area contributed by atoms with E-state index in [-0.39, 0.29) is 35.5 Å². The maximum atomic E-state index is 13.8. The van der Waals surface area contributed by atoms with E-state index in [9.17, 15) is 19.2 Å². The Morgan fingerprint density at radius 1 is 1.24 bits per heavy atom. The second kappa shape index (κ2) is 13.6. The zero-order chi connectivity index (χ0) is 27.8. The number of carbonyl (C=O) groups excluding carboxylic acids is 4. The maximum absolute atomic E-state index is 13.8. The SMILES string of the molecule is CCC[C@@H]1CC(C(=O)NC(C)C#N)N(C(=O)C(CCC[C@H]2CCNC(=O)C2C)NC(=O)OC(C)(C)C)C1. The summed E-state index contributed by atoms with van der Waals surface area (Å²) in [7, 11) is 0. The van der Waals surface area contributed by atoms with Gasteiger partial charge in [-0.2, -0.15) is 5.26 Å². The number of carbonyl (C=O) groups is 4. The van der Waals surface area contributed by atoms with Crippen molar-refractivity contribution in [3.8, 4) is 6.07 Å². The first-order chi connectivity index (χ1) is 17.4. The molecule has 0 bridgehead atoms. The smallest absolute Gasteiger partial charge is 0.408 e. The summed E-state index contributed by atoms with van der Waals surface area (Å²) in [5.74, 6) is -0.313. The summed E-state index contributed by atoms with van der Waals surface area (Å²) in [6.07, 6.45) is 4.32. The lowest BCUT2D eigenvalue weighted by Crippen LogP contribution is -2.54. The van der Waals surface area contributed by atoms with Gasteiger partial charge >= 0.3 is 6.09 Å². The molecule has 3 N–H and O–H groups in total. The lowest BCUT2D eigenvalue weighted by Gasteiger charge is -2.31. The number of rotatable bonds is 10. The third kappa shape index (κ3) is 9.20. The summed E-state index contributed by atoms with van der Waals surface area (Å²) >= 11 is 0. The molecule has 0 aromatic heterocycles. The van der Waals surface area contributed by atoms with Crippen LogP contribution >= 0.6 is 0 Å². The van der Waals surface area contributed by atoms with E-state index in [4.69, 9.17) is 10.00 Å². The van der Waals surface area contributed by atoms with E-state index in [1.165, 1.54) is 0 Å². The lowest BCUT2D eigenvalue weighted by molar-refractivity contribution is -0.140. The first-order valence-corrected chi connectivity index (χ1v) is 13.6. The van der Waals surface area contributed by atoms with Gasteiger partial charge in [-0.3, -0.25) is 14.4 Å². The minimum Gasteiger partial charge on any atom is -0.444 e. The fourth-order valence-electron chi connectivity index (χ4n) is 5.27. The summed E-state index contributed by atoms with van der Waals surface area (Å²) in [4.78, 5) is 53.1. The topological polar surface area (TPSA) is 141 Å². The minimum atomic E-state index is -0.855. The van der Waals surface area contributed by atoms with Crippen LogP contribution in [-0.4, -0.2) is 65.5 Å². The van der Waals surface area contributed by atoms with Crippen LogP contribution in [0, 0.1) is 29.1 Å². The molecule has 2 aliphatic rings. The van der Waals surface area contributed by atoms with Gasteiger partial charge < -0.3 is 25.6 Å². The van der Waals surface area contributed by atoms with Crippen LogP contribution in [0.3, 0.4) is 0 Å². The van der Waals surface area contributed by atoms with Gasteiger partial charge in [0.05, 0.1) is 6.07 Å². The van der Waals surface area contributed by atoms with Gasteiger partial charge in [0.15, 0.2) is 0 Å². The molecule has 208 valence electrons. The first kappa shape index (κ1) is 30.4. The molecule has 4 amide bonds. The molecular formula is C27H45N5O5. The second-order valence-electron chi connectivity index (χ2n) is 11.5. The zero-order valence-corrected chi connectivity index (χ0v) is 23.3. The minimum absolute atomic E-state index is 0.0511. The molecule has 2 aliphatic heterocycles. The highest BCUT2D eigenvalue weighted by Gasteiger charge is 2.42. The Hall–Kier alpha value is -2.83. The Morgan fingerprint density at radius 2 is 1.95 bits per heavy atom. The van der Waals surface area contributed by atoms with Crippen molar-refractivity contribution in [2.24, 2.45) is 17.8 Å². The van der Waals surface area contributed by atoms with Gasteiger partial charge in [-0.05, 0) is 71.6 Å². The molecule has 2 rings (SSSR count). The van der Waals surface area contributed by atoms with Crippen molar-refractivity contribution < 1.29 is 23.9 Å². The molecule has 6 atom stereocenters. The first-order valence-electron chi connectivity index (χ1n) is 13.6. The van der Waals surface area contributed by atoms with Crippen LogP contribution in [-0.2, 0) is 19.1 Å². The number of alkyl carbamates (subject to hydrolysis) is 1. The Bertz CT molecular complexity index is 864. The van der Waals surface area contributed by atoms with Gasteiger partial charge in [-0.25, -0.2) is 4.79 Å². The van der Waals surface area contributed by atoms with Gasteiger partial charge in [-0.15, -0.1) is 0 Å². The largest absolute Gasteiger partial charge is 0.444 e. The highest BCUT2D eigenvalue weighted by Crippen LogP contribution is 2.29. The van der Waals surface area contributed by atoms with Crippen molar-refractivity contribution in [3.63, 3.8) is 0 Å². The molecule has 0 saturated carbocycles. The van der Waals surface area contributed by atoms with Gasteiger partial charge in [0.2, 0.25) is 17.7 Å². The predicted molar refractivity (Wildman–Crippen MR) is 139 cm³/mol. The van der Waals surface area contributed by atoms with E-state index in [1.807, 2.05) is 13.0 Å². The summed E-state index contributed by atoms with van der Waals surface area (Å²) < 4.78 is 5.42. The Labute approximate surface area is 221 Å². The average molecular weight is 520 g/mol. The number of hydrogen-bond donors (Lipinski definition) is 3. The van der Waals surface area contributed by atoms with Crippen LogP contribution < -0.4 is 16.0 Å². The van der Waals surface area contributed by atoms with E-state index in [0.717, 1.165) is 25.7 Å². The number of nitrogens with zero attached hydrogens (tertiary/aromatic N) is 2. The molecule has 10 nitrogen and oxygen atoms in total. The van der Waals surface area contributed by atoms with Gasteiger partial charge in [0.25, 0.3) is 0 Å². The molecule has 0 spiro atoms. The third-order valence-electron chi connectivity index (χ3n) is 7.21. The molecule has 0 aromatic rings. The van der Waals surface area contributed by atoms with E-state index < -0.39 is 29.8 Å². The molecule has 0 radical (unpaired) electrons. The molecule has 0 aliphatic carbocycles. The van der Waals surface area contributed by atoms with Crippen molar-refractivity contribution in [2.45, 2.75) is 110 Å². The molecular weight excluding hydrogens is 474 g/mol. The highest BCUT2D eigenvalue weighted by molar-refractivity contribution is 5.92. The summed E-state index contributed by atoms with van der Waals surface area (Å²) in [5.41, 5.74) is -0.724. The summed E-state index contributed by atoms with van der Waals surface area (Å²) in [6.45, 7) is 11.9. The van der Waals surface area contributed by atoms with Crippen LogP contribution in [0.4, 0.5) is 4.79 Å². The van der Waals surface area contributed by atoms with Crippen molar-refractivity contribution in [1.29, 1.82) is 5.26 Å². The second-order valence-corrected chi connectivity index (χ2v) is 11.5. The standard InChI is InChI=1S/C27H45N5O5/c1-7-9-19-14-22(24(34)30-17(2)15-28)32(16-19)25(35)21(31-26(36)37-27(4,5)6)11-8-10-20-12-13-29-23(33)18(20)3/h17-22H,7-14,16H2,1-6H3,(H,29,33)(H,30,34)(H,31,36)/t17?,18?,19-,20+,21?,22?/m1/s1. The van der Waals surface area contributed by atoms with Crippen molar-refractivity contribution in [3.05, 3.63) is 0 Å². The van der Waals surface area contributed by atoms with Crippen molar-refractivity contribution >= 4 is 23.8 Å². The number of likely N-dealkylation sites (tertiary alicyclic amines) is 1. The molecule has 2 saturated heterocycles. The van der Waals surface area contributed by atoms with Crippen LogP contribution in [0.25, 0.3) is 0 Å². The third-order valence-corrected chi connectivity index (χ3v) is 7.21. The zero-order valence-electron chi connectivity index (χ0n) is 23.3. The van der Waals surface area contributed by atoms with Gasteiger partial charge in [-0.1, -0.05) is 26.7 Å². The van der Waals surface area contributed by atoms with E-state index in [2.05, 4.69) is 22.9 Å². The normalized spacial score (nSPS) is 25.4. The van der Waals surface area contributed by atoms with E-state index in [1.54, 1.807) is 32.6 Å².